The van der Waals surface area contributed by atoms with E-state index in [1.54, 1.807) is 62.2 Å². The Balaban J connectivity index is 1.43. The van der Waals surface area contributed by atoms with Gasteiger partial charge in [-0.2, -0.15) is 38.2 Å². The van der Waals surface area contributed by atoms with Gasteiger partial charge < -0.3 is 61.9 Å². The Morgan fingerprint density at radius 3 is 1.49 bits per heavy atom. The first-order chi connectivity index (χ1) is 45.4. The molecule has 6 rings (SSSR count). The van der Waals surface area contributed by atoms with Crippen molar-refractivity contribution in [3.8, 4) is 0 Å². The van der Waals surface area contributed by atoms with E-state index in [1.165, 1.54) is 18.2 Å². The van der Waals surface area contributed by atoms with Gasteiger partial charge in [0.1, 0.15) is 21.6 Å². The average molecular weight is 1450 g/mol. The van der Waals surface area contributed by atoms with Gasteiger partial charge in [0, 0.05) is 73.7 Å². The maximum absolute atomic E-state index is 13.0. The molecule has 536 valence electrons. The molecule has 2 unspecified atom stereocenters. The zero-order valence-electron chi connectivity index (χ0n) is 54.0. The quantitative estimate of drug-likeness (QED) is 0.0149. The van der Waals surface area contributed by atoms with Gasteiger partial charge in [-0.3, -0.25) is 23.0 Å². The summed E-state index contributed by atoms with van der Waals surface area (Å²) >= 11 is 0. The van der Waals surface area contributed by atoms with Crippen LogP contribution in [-0.2, 0) is 114 Å². The van der Waals surface area contributed by atoms with Crippen molar-refractivity contribution in [2.75, 3.05) is 157 Å². The van der Waals surface area contributed by atoms with E-state index in [0.29, 0.717) is 119 Å². The highest BCUT2D eigenvalue weighted by Crippen LogP contribution is 2.54. The highest BCUT2D eigenvalue weighted by molar-refractivity contribution is 7.87. The number of aliphatic carboxylic acids is 1. The molecule has 0 saturated heterocycles. The van der Waals surface area contributed by atoms with Gasteiger partial charge in [-0.15, -0.1) is 0 Å². The van der Waals surface area contributed by atoms with Crippen LogP contribution in [-0.4, -0.2) is 238 Å². The fourth-order valence-corrected chi connectivity index (χ4v) is 14.8. The molecule has 4 aromatic carbocycles. The Kier molecular flexibility index (Phi) is 30.5. The largest absolute Gasteiger partial charge is 0.744 e. The summed E-state index contributed by atoms with van der Waals surface area (Å²) in [7, 11) is -22.3. The minimum absolute atomic E-state index is 0.0144. The summed E-state index contributed by atoms with van der Waals surface area (Å²) in [6.45, 7) is 8.69. The van der Waals surface area contributed by atoms with Gasteiger partial charge in [-0.25, -0.2) is 8.42 Å². The number of hydrogen-bond acceptors (Lipinski definition) is 23. The van der Waals surface area contributed by atoms with E-state index < -0.39 is 92.7 Å². The third-order valence-electron chi connectivity index (χ3n) is 16.0. The Hall–Kier alpha value is -5.29. The number of rotatable bonds is 47. The fraction of sp³-hybridized carbons (Fsp3) is 0.548. The van der Waals surface area contributed by atoms with Gasteiger partial charge in [0.15, 0.2) is 12.3 Å². The number of unbranched alkanes of at least 4 members (excludes halogenated alkanes) is 2. The number of fused-ring (bicyclic) bond motifs is 6. The Morgan fingerprint density at radius 1 is 0.521 bits per heavy atom. The molecule has 4 aromatic rings. The Labute approximate surface area is 560 Å². The molecule has 0 amide bonds. The van der Waals surface area contributed by atoms with Crippen LogP contribution in [0.1, 0.15) is 69.9 Å². The topological polar surface area (TPSA) is 411 Å². The zero-order valence-corrected chi connectivity index (χ0v) is 58.0. The third-order valence-corrected chi connectivity index (χ3v) is 20.3. The van der Waals surface area contributed by atoms with Crippen LogP contribution in [0.5, 0.6) is 0 Å². The van der Waals surface area contributed by atoms with Crippen molar-refractivity contribution in [2.45, 2.75) is 89.2 Å². The van der Waals surface area contributed by atoms with Crippen LogP contribution >= 0.6 is 0 Å². The predicted molar refractivity (Wildman–Crippen MR) is 350 cm³/mol. The van der Waals surface area contributed by atoms with Crippen molar-refractivity contribution in [1.82, 2.24) is 0 Å². The summed E-state index contributed by atoms with van der Waals surface area (Å²) < 4.78 is 239. The van der Waals surface area contributed by atoms with Crippen molar-refractivity contribution in [1.29, 1.82) is 0 Å². The van der Waals surface area contributed by atoms with Crippen LogP contribution in [0.2, 0.25) is 0 Å². The minimum Gasteiger partial charge on any atom is -0.744 e. The first kappa shape index (κ1) is 79.7. The number of ether oxygens (including phenoxy) is 10. The second-order valence-electron chi connectivity index (χ2n) is 22.7. The number of anilines is 1. The molecule has 2 heterocycles. The highest BCUT2D eigenvalue weighted by atomic mass is 32.2. The molecule has 2 atom stereocenters. The molecule has 0 aromatic heterocycles. The Bertz CT molecular complexity index is 4030. The number of carboxylic acid groups (broad SMARTS) is 1. The summed E-state index contributed by atoms with van der Waals surface area (Å²) in [6, 6.07) is 9.19. The number of nitrogens with zero attached hydrogens (tertiary/aromatic N) is 2. The van der Waals surface area contributed by atoms with Crippen molar-refractivity contribution < 1.29 is 127 Å². The maximum atomic E-state index is 13.0. The second kappa shape index (κ2) is 36.7. The maximum Gasteiger partial charge on any atom is 0.303 e. The van der Waals surface area contributed by atoms with Crippen LogP contribution in [0.3, 0.4) is 0 Å². The fourth-order valence-electron chi connectivity index (χ4n) is 11.6. The van der Waals surface area contributed by atoms with E-state index in [9.17, 15) is 74.8 Å². The molecule has 0 saturated carbocycles. The standard InChI is InChI=1S/C62H86N2O27S5/c1-61(19-11-41-92(67,68)69)56(64(22-24-85-30-32-89-37-38-91-40-39-90-36-34-87-28-26-83-4)53-18-16-48-50(59(53)61)42-46(93(70,71)72)44-54(48)95(76,77)78)12-7-5-8-13-57-62(2,20-23-84-29-31-88-35-33-86-27-25-82-3)60-51-43-47(94(73,74)75)45-55(96(79,80)81)49(51)15-17-52(60)63(57)21-10-6-9-14-58(65)66/h5,7-8,12-13,15-18,42-45H,6,9-11,14,19-41H2,1-4H3,(H5-,65,66,67,68,69,70,71,72,73,74,75,76,77,78,79,80,81). The van der Waals surface area contributed by atoms with Crippen LogP contribution in [0.15, 0.2) is 104 Å². The van der Waals surface area contributed by atoms with E-state index in [4.69, 9.17) is 47.4 Å². The summed E-state index contributed by atoms with van der Waals surface area (Å²) in [5.74, 6) is -1.72. The molecular weight excluding hydrogens is 1370 g/mol. The van der Waals surface area contributed by atoms with Gasteiger partial charge in [-0.05, 0) is 110 Å². The van der Waals surface area contributed by atoms with Gasteiger partial charge in [0.25, 0.3) is 40.5 Å². The van der Waals surface area contributed by atoms with Crippen molar-refractivity contribution in [3.63, 3.8) is 0 Å². The lowest BCUT2D eigenvalue weighted by Gasteiger charge is -2.31. The zero-order chi connectivity index (χ0) is 70.4. The van der Waals surface area contributed by atoms with E-state index in [0.717, 1.165) is 12.1 Å². The molecule has 0 bridgehead atoms. The van der Waals surface area contributed by atoms with Gasteiger partial charge >= 0.3 is 5.97 Å². The molecule has 96 heavy (non-hydrogen) atoms. The van der Waals surface area contributed by atoms with Crippen molar-refractivity contribution in [2.24, 2.45) is 0 Å². The normalized spacial score (nSPS) is 17.6. The molecule has 0 aliphatic carbocycles. The summed E-state index contributed by atoms with van der Waals surface area (Å²) in [4.78, 5) is 9.97. The molecule has 0 fully saturated rings. The lowest BCUT2D eigenvalue weighted by atomic mass is 9.74. The lowest BCUT2D eigenvalue weighted by molar-refractivity contribution is -0.442. The number of benzene rings is 4. The molecule has 0 spiro atoms. The molecule has 2 aliphatic rings. The van der Waals surface area contributed by atoms with Gasteiger partial charge in [-0.1, -0.05) is 30.7 Å². The van der Waals surface area contributed by atoms with E-state index in [2.05, 4.69) is 0 Å². The monoisotopic (exact) mass is 1450 g/mol. The number of carboxylic acids is 1. The molecular formula is C62H86N2O27S5. The first-order valence-corrected chi connectivity index (χ1v) is 38.1. The number of methoxy groups -OCH3 is 2. The highest BCUT2D eigenvalue weighted by Gasteiger charge is 2.50. The van der Waals surface area contributed by atoms with E-state index in [1.807, 2.05) is 11.8 Å². The van der Waals surface area contributed by atoms with Crippen LogP contribution < -0.4 is 4.90 Å². The average Bonchev–Trinajstić information content (AvgIpc) is 1.53. The smallest absolute Gasteiger partial charge is 0.303 e. The van der Waals surface area contributed by atoms with E-state index >= 15 is 0 Å². The summed E-state index contributed by atoms with van der Waals surface area (Å²) in [5.41, 5.74) is -0.189. The molecule has 29 nitrogen and oxygen atoms in total. The van der Waals surface area contributed by atoms with Crippen LogP contribution in [0, 0.1) is 0 Å². The Morgan fingerprint density at radius 2 is 1.00 bits per heavy atom. The lowest BCUT2D eigenvalue weighted by Crippen LogP contribution is -2.33. The van der Waals surface area contributed by atoms with Crippen LogP contribution in [0.25, 0.3) is 21.5 Å². The van der Waals surface area contributed by atoms with Crippen molar-refractivity contribution in [3.05, 3.63) is 95.7 Å². The van der Waals surface area contributed by atoms with Crippen molar-refractivity contribution >= 4 is 95.2 Å². The predicted octanol–water partition coefficient (Wildman–Crippen LogP) is 5.90. The number of carbonyl (C=O) groups is 1. The SMILES string of the molecule is COCCOCCOCCOCCOCCOCC[N+]1=C(/C=C/C=C/C=C2/N(CCCCCC(=O)O)c3ccc4c(S(=O)(=O)[O-])cc(S(=O)(=O)O)cc4c3C2(C)CCOCCOCCOCCOC)C(C)(CCCS(=O)(=O)O)c2c1ccc1c(S(=O)(=O)O)cc(S(=O)(=O)O)cc21. The van der Waals surface area contributed by atoms with Crippen LogP contribution in [0.4, 0.5) is 11.4 Å². The van der Waals surface area contributed by atoms with Gasteiger partial charge in [0.2, 0.25) is 5.69 Å². The molecule has 0 radical (unpaired) electrons. The molecule has 2 aliphatic heterocycles. The molecule has 5 N–H and O–H groups in total. The number of allylic oxidation sites excluding steroid dienone is 6. The first-order valence-electron chi connectivity index (χ1n) is 30.7. The summed E-state index contributed by atoms with van der Waals surface area (Å²) in [5, 5.41) is 9.13. The third kappa shape index (κ3) is 22.6. The molecule has 34 heteroatoms. The second-order valence-corrected chi connectivity index (χ2v) is 29.9. The van der Waals surface area contributed by atoms with Gasteiger partial charge in [0.05, 0.1) is 132 Å². The number of hydrogen-bond donors (Lipinski definition) is 5. The minimum atomic E-state index is -5.38. The van der Waals surface area contributed by atoms with E-state index in [-0.39, 0.29) is 125 Å². The summed E-state index contributed by atoms with van der Waals surface area (Å²) in [6.07, 6.45) is 9.26.